The molecule has 0 aromatic heterocycles. The zero-order chi connectivity index (χ0) is 12.1. The summed E-state index contributed by atoms with van der Waals surface area (Å²) in [6.07, 6.45) is -0.245. The fraction of sp³-hybridized carbons (Fsp3) is 0.300. The highest BCUT2D eigenvalue weighted by Crippen LogP contribution is 2.27. The summed E-state index contributed by atoms with van der Waals surface area (Å²) in [4.78, 5) is 13.3. The van der Waals surface area contributed by atoms with Gasteiger partial charge in [0.15, 0.2) is 0 Å². The van der Waals surface area contributed by atoms with Crippen molar-refractivity contribution in [3.63, 3.8) is 0 Å². The second kappa shape index (κ2) is 5.39. The first kappa shape index (κ1) is 12.4. The van der Waals surface area contributed by atoms with Crippen molar-refractivity contribution in [2.24, 2.45) is 5.11 Å². The van der Waals surface area contributed by atoms with Gasteiger partial charge in [0.1, 0.15) is 0 Å². The molecule has 5 nitrogen and oxygen atoms in total. The number of rotatable bonds is 4. The van der Waals surface area contributed by atoms with Crippen LogP contribution in [-0.2, 0) is 4.79 Å². The quantitative estimate of drug-likeness (QED) is 0.495. The van der Waals surface area contributed by atoms with E-state index in [-0.39, 0.29) is 6.42 Å². The minimum atomic E-state index is -1.02. The summed E-state index contributed by atoms with van der Waals surface area (Å²) in [7, 11) is 0. The van der Waals surface area contributed by atoms with E-state index in [0.29, 0.717) is 10.6 Å². The molecule has 0 heterocycles. The summed E-state index contributed by atoms with van der Waals surface area (Å²) in [5.41, 5.74) is 9.90. The Morgan fingerprint density at radius 2 is 2.38 bits per heavy atom. The van der Waals surface area contributed by atoms with Crippen LogP contribution >= 0.6 is 11.6 Å². The van der Waals surface area contributed by atoms with Crippen LogP contribution in [0.3, 0.4) is 0 Å². The number of nitrogens with zero attached hydrogens (tertiary/aromatic N) is 3. The molecule has 6 heteroatoms. The van der Waals surface area contributed by atoms with E-state index in [4.69, 9.17) is 22.2 Å². The van der Waals surface area contributed by atoms with Gasteiger partial charge in [-0.05, 0) is 35.7 Å². The number of hydrogen-bond donors (Lipinski definition) is 1. The topological polar surface area (TPSA) is 86.1 Å². The maximum absolute atomic E-state index is 10.6. The number of benzene rings is 1. The summed E-state index contributed by atoms with van der Waals surface area (Å²) in [5, 5.41) is 12.7. The van der Waals surface area contributed by atoms with Gasteiger partial charge in [0.05, 0.1) is 12.5 Å². The molecule has 0 amide bonds. The van der Waals surface area contributed by atoms with Gasteiger partial charge >= 0.3 is 5.97 Å². The van der Waals surface area contributed by atoms with Crippen LogP contribution in [0.5, 0.6) is 0 Å². The van der Waals surface area contributed by atoms with E-state index in [1.54, 1.807) is 18.2 Å². The van der Waals surface area contributed by atoms with E-state index < -0.39 is 12.0 Å². The highest BCUT2D eigenvalue weighted by molar-refractivity contribution is 6.30. The Bertz CT molecular complexity index is 455. The lowest BCUT2D eigenvalue weighted by molar-refractivity contribution is -0.137. The molecule has 0 aliphatic heterocycles. The lowest BCUT2D eigenvalue weighted by atomic mass is 9.99. The Morgan fingerprint density at radius 3 is 2.94 bits per heavy atom. The average Bonchev–Trinajstić information content (AvgIpc) is 2.20. The van der Waals surface area contributed by atoms with Gasteiger partial charge in [-0.25, -0.2) is 0 Å². The smallest absolute Gasteiger partial charge is 0.304 e. The minimum Gasteiger partial charge on any atom is -0.481 e. The summed E-state index contributed by atoms with van der Waals surface area (Å²) in [6.45, 7) is 1.81. The highest BCUT2D eigenvalue weighted by Gasteiger charge is 2.16. The standard InChI is InChI=1S/C10H10ClN3O2/c1-6-2-3-7(11)4-8(6)9(13-14-12)5-10(15)16/h2-4,9H,5H2,1H3,(H,15,16). The Morgan fingerprint density at radius 1 is 1.69 bits per heavy atom. The molecule has 0 aliphatic carbocycles. The molecule has 1 rings (SSSR count). The van der Waals surface area contributed by atoms with Crippen LogP contribution in [0.2, 0.25) is 5.02 Å². The van der Waals surface area contributed by atoms with Gasteiger partial charge in [0.25, 0.3) is 0 Å². The molecule has 16 heavy (non-hydrogen) atoms. The predicted molar refractivity (Wildman–Crippen MR) is 60.3 cm³/mol. The van der Waals surface area contributed by atoms with E-state index in [9.17, 15) is 4.79 Å². The minimum absolute atomic E-state index is 0.245. The second-order valence-electron chi connectivity index (χ2n) is 3.32. The van der Waals surface area contributed by atoms with Gasteiger partial charge < -0.3 is 5.11 Å². The van der Waals surface area contributed by atoms with Crippen LogP contribution in [0.1, 0.15) is 23.6 Å². The van der Waals surface area contributed by atoms with E-state index in [1.807, 2.05) is 6.92 Å². The first-order chi connectivity index (χ1) is 7.54. The van der Waals surface area contributed by atoms with Crippen molar-refractivity contribution in [2.75, 3.05) is 0 Å². The molecule has 0 saturated heterocycles. The molecule has 1 atom stereocenters. The maximum Gasteiger partial charge on any atom is 0.304 e. The number of azide groups is 1. The molecule has 1 aromatic carbocycles. The largest absolute Gasteiger partial charge is 0.481 e. The van der Waals surface area contributed by atoms with E-state index in [2.05, 4.69) is 10.0 Å². The molecule has 0 fully saturated rings. The lowest BCUT2D eigenvalue weighted by Gasteiger charge is -2.12. The van der Waals surface area contributed by atoms with Crippen LogP contribution in [0.25, 0.3) is 10.4 Å². The number of hydrogen-bond acceptors (Lipinski definition) is 2. The number of carboxylic acids is 1. The Labute approximate surface area is 97.3 Å². The van der Waals surface area contributed by atoms with Gasteiger partial charge in [-0.3, -0.25) is 4.79 Å². The molecule has 1 aromatic rings. The number of carboxylic acid groups (broad SMARTS) is 1. The van der Waals surface area contributed by atoms with Crippen molar-refractivity contribution in [1.82, 2.24) is 0 Å². The third-order valence-corrected chi connectivity index (χ3v) is 2.39. The molecule has 0 aliphatic rings. The van der Waals surface area contributed by atoms with E-state index in [0.717, 1.165) is 5.56 Å². The van der Waals surface area contributed by atoms with Gasteiger partial charge in [0.2, 0.25) is 0 Å². The van der Waals surface area contributed by atoms with Crippen LogP contribution < -0.4 is 0 Å². The Balaban J connectivity index is 3.14. The van der Waals surface area contributed by atoms with Crippen molar-refractivity contribution in [3.05, 3.63) is 44.8 Å². The zero-order valence-electron chi connectivity index (χ0n) is 8.59. The van der Waals surface area contributed by atoms with Crippen LogP contribution in [0.4, 0.5) is 0 Å². The predicted octanol–water partition coefficient (Wildman–Crippen LogP) is 3.47. The van der Waals surface area contributed by atoms with Gasteiger partial charge in [-0.2, -0.15) is 0 Å². The molecule has 84 valence electrons. The molecule has 0 radical (unpaired) electrons. The van der Waals surface area contributed by atoms with Crippen molar-refractivity contribution in [1.29, 1.82) is 0 Å². The average molecular weight is 240 g/mol. The highest BCUT2D eigenvalue weighted by atomic mass is 35.5. The van der Waals surface area contributed by atoms with Crippen molar-refractivity contribution < 1.29 is 9.90 Å². The molecule has 0 saturated carbocycles. The van der Waals surface area contributed by atoms with E-state index in [1.165, 1.54) is 0 Å². The molecular weight excluding hydrogens is 230 g/mol. The summed E-state index contributed by atoms with van der Waals surface area (Å²) in [6, 6.07) is 4.37. The number of aliphatic carboxylic acids is 1. The van der Waals surface area contributed by atoms with Crippen molar-refractivity contribution in [2.45, 2.75) is 19.4 Å². The third kappa shape index (κ3) is 3.15. The monoisotopic (exact) mass is 239 g/mol. The van der Waals surface area contributed by atoms with Gasteiger partial charge in [-0.15, -0.1) is 0 Å². The Hall–Kier alpha value is -1.71. The molecule has 0 spiro atoms. The lowest BCUT2D eigenvalue weighted by Crippen LogP contribution is -2.05. The van der Waals surface area contributed by atoms with Gasteiger partial charge in [0, 0.05) is 9.93 Å². The summed E-state index contributed by atoms with van der Waals surface area (Å²) < 4.78 is 0. The second-order valence-corrected chi connectivity index (χ2v) is 3.76. The van der Waals surface area contributed by atoms with E-state index >= 15 is 0 Å². The molecule has 1 N–H and O–H groups in total. The van der Waals surface area contributed by atoms with Crippen molar-refractivity contribution in [3.8, 4) is 0 Å². The fourth-order valence-corrected chi connectivity index (χ4v) is 1.59. The number of halogens is 1. The number of aryl methyl sites for hydroxylation is 1. The third-order valence-electron chi connectivity index (χ3n) is 2.16. The van der Waals surface area contributed by atoms with Crippen LogP contribution in [-0.4, -0.2) is 11.1 Å². The molecule has 0 bridgehead atoms. The first-order valence-electron chi connectivity index (χ1n) is 4.56. The maximum atomic E-state index is 10.6. The normalized spacial score (nSPS) is 11.6. The first-order valence-corrected chi connectivity index (χ1v) is 4.94. The number of carbonyl (C=O) groups is 1. The Kier molecular flexibility index (Phi) is 4.17. The summed E-state index contributed by atoms with van der Waals surface area (Å²) >= 11 is 5.82. The molecular formula is C10H10ClN3O2. The SMILES string of the molecule is Cc1ccc(Cl)cc1C(CC(=O)O)N=[N+]=[N-]. The fourth-order valence-electron chi connectivity index (χ4n) is 1.41. The van der Waals surface area contributed by atoms with Crippen molar-refractivity contribution >= 4 is 17.6 Å². The van der Waals surface area contributed by atoms with Gasteiger partial charge in [-0.1, -0.05) is 22.8 Å². The molecule has 1 unspecified atom stereocenters. The van der Waals surface area contributed by atoms with Crippen LogP contribution in [0.15, 0.2) is 23.3 Å². The van der Waals surface area contributed by atoms with Crippen LogP contribution in [0, 0.1) is 6.92 Å². The zero-order valence-corrected chi connectivity index (χ0v) is 9.35. The summed E-state index contributed by atoms with van der Waals surface area (Å²) in [5.74, 6) is -1.02.